The maximum Gasteiger partial charge on any atom is 0.227 e. The predicted octanol–water partition coefficient (Wildman–Crippen LogP) is 2.00. The number of para-hydroxylation sites is 1. The van der Waals surface area contributed by atoms with Crippen LogP contribution in [-0.4, -0.2) is 39.6 Å². The third kappa shape index (κ3) is 2.05. The first kappa shape index (κ1) is 12.9. The largest absolute Gasteiger partial charge is 0.386 e. The number of rotatable bonds is 3. The highest BCUT2D eigenvalue weighted by Gasteiger charge is 2.53. The van der Waals surface area contributed by atoms with E-state index in [1.54, 1.807) is 4.90 Å². The number of benzene rings is 1. The van der Waals surface area contributed by atoms with Crippen molar-refractivity contribution in [2.24, 2.45) is 5.92 Å². The summed E-state index contributed by atoms with van der Waals surface area (Å²) in [5.41, 5.74) is 2.63. The van der Waals surface area contributed by atoms with Gasteiger partial charge in [-0.15, -0.1) is 0 Å². The Bertz CT molecular complexity index is 709. The molecule has 1 aromatic heterocycles. The van der Waals surface area contributed by atoms with Crippen molar-refractivity contribution >= 4 is 16.8 Å². The van der Waals surface area contributed by atoms with E-state index in [1.165, 1.54) is 0 Å². The third-order valence-corrected chi connectivity index (χ3v) is 4.97. The SMILES string of the molecule is Cc1[nH]c2ccccc2c1CC(=O)N1CC(O)(C2CC2)C1. The molecule has 1 aromatic carbocycles. The van der Waals surface area contributed by atoms with Gasteiger partial charge in [0.2, 0.25) is 5.91 Å². The van der Waals surface area contributed by atoms with Gasteiger partial charge in [-0.3, -0.25) is 4.79 Å². The average Bonchev–Trinajstić information content (AvgIpc) is 3.22. The molecule has 110 valence electrons. The summed E-state index contributed by atoms with van der Waals surface area (Å²) in [5, 5.41) is 11.4. The first-order valence-electron chi connectivity index (χ1n) is 7.63. The number of likely N-dealkylation sites (tertiary alicyclic amines) is 1. The lowest BCUT2D eigenvalue weighted by Gasteiger charge is -2.47. The quantitative estimate of drug-likeness (QED) is 0.906. The molecule has 0 spiro atoms. The smallest absolute Gasteiger partial charge is 0.227 e. The van der Waals surface area contributed by atoms with E-state index < -0.39 is 5.60 Å². The number of fused-ring (bicyclic) bond motifs is 1. The summed E-state index contributed by atoms with van der Waals surface area (Å²) in [6, 6.07) is 8.08. The Morgan fingerprint density at radius 2 is 2.10 bits per heavy atom. The van der Waals surface area contributed by atoms with Gasteiger partial charge in [0.05, 0.1) is 19.5 Å². The van der Waals surface area contributed by atoms with Gasteiger partial charge in [-0.25, -0.2) is 0 Å². The van der Waals surface area contributed by atoms with Crippen molar-refractivity contribution < 1.29 is 9.90 Å². The summed E-state index contributed by atoms with van der Waals surface area (Å²) in [7, 11) is 0. The summed E-state index contributed by atoms with van der Waals surface area (Å²) in [4.78, 5) is 17.5. The van der Waals surface area contributed by atoms with Crippen molar-refractivity contribution in [3.63, 3.8) is 0 Å². The van der Waals surface area contributed by atoms with Crippen LogP contribution < -0.4 is 0 Å². The van der Waals surface area contributed by atoms with Crippen molar-refractivity contribution in [1.82, 2.24) is 9.88 Å². The van der Waals surface area contributed by atoms with Crippen molar-refractivity contribution in [1.29, 1.82) is 0 Å². The number of carbonyl (C=O) groups is 1. The van der Waals surface area contributed by atoms with Crippen LogP contribution in [0.3, 0.4) is 0 Å². The Balaban J connectivity index is 1.50. The zero-order valence-corrected chi connectivity index (χ0v) is 12.2. The molecule has 2 aromatic rings. The van der Waals surface area contributed by atoms with Crippen LogP contribution in [0.1, 0.15) is 24.1 Å². The monoisotopic (exact) mass is 284 g/mol. The first-order chi connectivity index (χ1) is 10.1. The van der Waals surface area contributed by atoms with Gasteiger partial charge in [0.15, 0.2) is 0 Å². The van der Waals surface area contributed by atoms with E-state index in [1.807, 2.05) is 25.1 Å². The zero-order chi connectivity index (χ0) is 14.6. The maximum absolute atomic E-state index is 12.4. The second-order valence-corrected chi connectivity index (χ2v) is 6.58. The number of amides is 1. The number of carbonyl (C=O) groups excluding carboxylic acids is 1. The number of β-amino-alcohol motifs (C(OH)–C–C–N with tert-alkyl or cyclic N) is 1. The highest BCUT2D eigenvalue weighted by atomic mass is 16.3. The van der Waals surface area contributed by atoms with E-state index in [0.717, 1.165) is 35.0 Å². The first-order valence-corrected chi connectivity index (χ1v) is 7.63. The number of nitrogens with zero attached hydrogens (tertiary/aromatic N) is 1. The predicted molar refractivity (Wildman–Crippen MR) is 81.0 cm³/mol. The molecule has 21 heavy (non-hydrogen) atoms. The molecular formula is C17H20N2O2. The zero-order valence-electron chi connectivity index (χ0n) is 12.2. The Kier molecular flexibility index (Phi) is 2.67. The van der Waals surface area contributed by atoms with Gasteiger partial charge in [-0.2, -0.15) is 0 Å². The van der Waals surface area contributed by atoms with Gasteiger partial charge in [-0.05, 0) is 37.3 Å². The number of aromatic nitrogens is 1. The van der Waals surface area contributed by atoms with Gasteiger partial charge in [0.1, 0.15) is 5.60 Å². The molecule has 2 heterocycles. The minimum atomic E-state index is -0.592. The van der Waals surface area contributed by atoms with E-state index in [0.29, 0.717) is 25.4 Å². The minimum Gasteiger partial charge on any atom is -0.386 e. The average molecular weight is 284 g/mol. The van der Waals surface area contributed by atoms with E-state index in [-0.39, 0.29) is 5.91 Å². The van der Waals surface area contributed by atoms with Gasteiger partial charge < -0.3 is 15.0 Å². The number of hydrogen-bond acceptors (Lipinski definition) is 2. The lowest BCUT2D eigenvalue weighted by atomic mass is 9.88. The Morgan fingerprint density at radius 3 is 2.81 bits per heavy atom. The molecule has 1 aliphatic carbocycles. The lowest BCUT2D eigenvalue weighted by molar-refractivity contribution is -0.158. The van der Waals surface area contributed by atoms with E-state index in [4.69, 9.17) is 0 Å². The summed E-state index contributed by atoms with van der Waals surface area (Å²) < 4.78 is 0. The highest BCUT2D eigenvalue weighted by molar-refractivity contribution is 5.90. The van der Waals surface area contributed by atoms with E-state index in [2.05, 4.69) is 11.1 Å². The van der Waals surface area contributed by atoms with E-state index >= 15 is 0 Å². The molecule has 2 N–H and O–H groups in total. The maximum atomic E-state index is 12.4. The van der Waals surface area contributed by atoms with Crippen molar-refractivity contribution in [3.8, 4) is 0 Å². The minimum absolute atomic E-state index is 0.119. The molecule has 4 heteroatoms. The van der Waals surface area contributed by atoms with Crippen LogP contribution in [0.4, 0.5) is 0 Å². The number of aryl methyl sites for hydroxylation is 1. The summed E-state index contributed by atoms with van der Waals surface area (Å²) in [6.07, 6.45) is 2.64. The number of nitrogens with one attached hydrogen (secondary N) is 1. The summed E-state index contributed by atoms with van der Waals surface area (Å²) in [5.74, 6) is 0.546. The number of aliphatic hydroxyl groups is 1. The molecule has 0 bridgehead atoms. The van der Waals surface area contributed by atoms with Gasteiger partial charge >= 0.3 is 0 Å². The fourth-order valence-corrected chi connectivity index (χ4v) is 3.50. The molecule has 2 aliphatic rings. The molecule has 0 radical (unpaired) electrons. The van der Waals surface area contributed by atoms with Crippen LogP contribution in [0.5, 0.6) is 0 Å². The Labute approximate surface area is 123 Å². The number of hydrogen-bond donors (Lipinski definition) is 2. The lowest BCUT2D eigenvalue weighted by Crippen LogP contribution is -2.65. The van der Waals surface area contributed by atoms with Crippen LogP contribution in [0.2, 0.25) is 0 Å². The standard InChI is InChI=1S/C17H20N2O2/c1-11-14(13-4-2-3-5-15(13)18-11)8-16(20)19-9-17(21,10-19)12-6-7-12/h2-5,12,18,21H,6-10H2,1H3. The summed E-state index contributed by atoms with van der Waals surface area (Å²) >= 11 is 0. The molecule has 1 saturated carbocycles. The van der Waals surface area contributed by atoms with Crippen LogP contribution >= 0.6 is 0 Å². The molecule has 0 unspecified atom stereocenters. The molecule has 1 saturated heterocycles. The number of aromatic amines is 1. The van der Waals surface area contributed by atoms with Crippen molar-refractivity contribution in [3.05, 3.63) is 35.5 Å². The Hall–Kier alpha value is -1.81. The topological polar surface area (TPSA) is 56.3 Å². The Morgan fingerprint density at radius 1 is 1.38 bits per heavy atom. The van der Waals surface area contributed by atoms with Gasteiger partial charge in [0, 0.05) is 16.6 Å². The van der Waals surface area contributed by atoms with E-state index in [9.17, 15) is 9.90 Å². The number of H-pyrrole nitrogens is 1. The molecule has 4 nitrogen and oxygen atoms in total. The van der Waals surface area contributed by atoms with Crippen LogP contribution in [-0.2, 0) is 11.2 Å². The van der Waals surface area contributed by atoms with Crippen LogP contribution in [0.15, 0.2) is 24.3 Å². The van der Waals surface area contributed by atoms with Crippen molar-refractivity contribution in [2.75, 3.05) is 13.1 Å². The van der Waals surface area contributed by atoms with Gasteiger partial charge in [0.25, 0.3) is 0 Å². The molecule has 1 amide bonds. The molecular weight excluding hydrogens is 264 g/mol. The van der Waals surface area contributed by atoms with Gasteiger partial charge in [-0.1, -0.05) is 18.2 Å². The highest BCUT2D eigenvalue weighted by Crippen LogP contribution is 2.44. The van der Waals surface area contributed by atoms with Crippen LogP contribution in [0.25, 0.3) is 10.9 Å². The molecule has 4 rings (SSSR count). The fourth-order valence-electron chi connectivity index (χ4n) is 3.50. The summed E-state index contributed by atoms with van der Waals surface area (Å²) in [6.45, 7) is 3.04. The second kappa shape index (κ2) is 4.34. The normalized spacial score (nSPS) is 20.6. The molecule has 2 fully saturated rings. The fraction of sp³-hybridized carbons (Fsp3) is 0.471. The van der Waals surface area contributed by atoms with Crippen molar-refractivity contribution in [2.45, 2.75) is 31.8 Å². The molecule has 0 atom stereocenters. The third-order valence-electron chi connectivity index (χ3n) is 4.97. The second-order valence-electron chi connectivity index (χ2n) is 6.58. The molecule has 1 aliphatic heterocycles. The van der Waals surface area contributed by atoms with Crippen LogP contribution in [0, 0.1) is 12.8 Å².